The Kier molecular flexibility index (Phi) is 5.30. The lowest BCUT2D eigenvalue weighted by atomic mass is 10.2. The first-order valence-corrected chi connectivity index (χ1v) is 8.04. The number of aryl methyl sites for hydroxylation is 1. The van der Waals surface area contributed by atoms with Gasteiger partial charge in [-0.05, 0) is 36.4 Å². The van der Waals surface area contributed by atoms with Crippen LogP contribution >= 0.6 is 11.6 Å². The van der Waals surface area contributed by atoms with Gasteiger partial charge in [0, 0.05) is 18.5 Å². The van der Waals surface area contributed by atoms with Gasteiger partial charge in [-0.25, -0.2) is 0 Å². The molecule has 0 aliphatic carbocycles. The van der Waals surface area contributed by atoms with Crippen molar-refractivity contribution in [2.45, 2.75) is 12.8 Å². The number of carbonyl (C=O) groups is 1. The van der Waals surface area contributed by atoms with Crippen LogP contribution in [-0.4, -0.2) is 23.2 Å². The zero-order chi connectivity index (χ0) is 17.6. The molecule has 0 saturated heterocycles. The van der Waals surface area contributed by atoms with Crippen molar-refractivity contribution < 1.29 is 13.9 Å². The number of carbonyl (C=O) groups excluding carboxylic acids is 1. The highest BCUT2D eigenvalue weighted by atomic mass is 35.5. The van der Waals surface area contributed by atoms with E-state index < -0.39 is 0 Å². The highest BCUT2D eigenvalue weighted by Crippen LogP contribution is 2.26. The van der Waals surface area contributed by atoms with Gasteiger partial charge >= 0.3 is 0 Å². The normalized spacial score (nSPS) is 10.5. The molecule has 128 valence electrons. The Morgan fingerprint density at radius 3 is 2.64 bits per heavy atom. The lowest BCUT2D eigenvalue weighted by molar-refractivity contribution is -0.116. The van der Waals surface area contributed by atoms with Gasteiger partial charge in [-0.15, -0.1) is 10.2 Å². The molecular weight excluding hydrogens is 342 g/mol. The number of halogens is 1. The topological polar surface area (TPSA) is 77.2 Å². The smallest absolute Gasteiger partial charge is 0.249 e. The number of aromatic nitrogens is 2. The third-order valence-corrected chi connectivity index (χ3v) is 3.84. The summed E-state index contributed by atoms with van der Waals surface area (Å²) < 4.78 is 10.7. The summed E-state index contributed by atoms with van der Waals surface area (Å²) in [4.78, 5) is 12.0. The standard InChI is InChI=1S/C18H16ClN3O3/c1-24-13-8-6-12(7-9-13)20-16(23)10-11-17-21-22-18(25-17)14-4-2-3-5-15(14)19/h2-9H,10-11H2,1H3,(H,20,23). The Balaban J connectivity index is 1.56. The second kappa shape index (κ2) is 7.81. The summed E-state index contributed by atoms with van der Waals surface area (Å²) in [5.74, 6) is 1.33. The molecule has 25 heavy (non-hydrogen) atoms. The molecular formula is C18H16ClN3O3. The fourth-order valence-electron chi connectivity index (χ4n) is 2.22. The first-order valence-electron chi connectivity index (χ1n) is 7.67. The predicted octanol–water partition coefficient (Wildman–Crippen LogP) is 3.97. The number of ether oxygens (including phenoxy) is 1. The molecule has 0 spiro atoms. The number of benzene rings is 2. The Labute approximate surface area is 149 Å². The SMILES string of the molecule is COc1ccc(NC(=O)CCc2nnc(-c3ccccc3Cl)o2)cc1. The van der Waals surface area contributed by atoms with Crippen LogP contribution in [0.15, 0.2) is 52.9 Å². The molecule has 1 heterocycles. The summed E-state index contributed by atoms with van der Waals surface area (Å²) in [6.45, 7) is 0. The molecule has 0 unspecified atom stereocenters. The van der Waals surface area contributed by atoms with Crippen molar-refractivity contribution in [2.75, 3.05) is 12.4 Å². The minimum atomic E-state index is -0.136. The highest BCUT2D eigenvalue weighted by Gasteiger charge is 2.12. The quantitative estimate of drug-likeness (QED) is 0.722. The maximum Gasteiger partial charge on any atom is 0.249 e. The third kappa shape index (κ3) is 4.36. The minimum absolute atomic E-state index is 0.136. The van der Waals surface area contributed by atoms with E-state index in [4.69, 9.17) is 20.8 Å². The van der Waals surface area contributed by atoms with Gasteiger partial charge in [-0.3, -0.25) is 4.79 Å². The van der Waals surface area contributed by atoms with Crippen LogP contribution in [0.2, 0.25) is 5.02 Å². The summed E-state index contributed by atoms with van der Waals surface area (Å²) in [6.07, 6.45) is 0.579. The minimum Gasteiger partial charge on any atom is -0.497 e. The highest BCUT2D eigenvalue weighted by molar-refractivity contribution is 6.33. The molecule has 0 fully saturated rings. The van der Waals surface area contributed by atoms with Crippen molar-refractivity contribution in [1.82, 2.24) is 10.2 Å². The average molecular weight is 358 g/mol. The van der Waals surface area contributed by atoms with Crippen molar-refractivity contribution in [3.63, 3.8) is 0 Å². The fraction of sp³-hybridized carbons (Fsp3) is 0.167. The molecule has 3 aromatic rings. The van der Waals surface area contributed by atoms with Gasteiger partial charge < -0.3 is 14.5 Å². The zero-order valence-corrected chi connectivity index (χ0v) is 14.3. The number of nitrogens with zero attached hydrogens (tertiary/aromatic N) is 2. The molecule has 6 nitrogen and oxygen atoms in total. The van der Waals surface area contributed by atoms with Crippen molar-refractivity contribution >= 4 is 23.2 Å². The van der Waals surface area contributed by atoms with Crippen LogP contribution in [0.5, 0.6) is 5.75 Å². The van der Waals surface area contributed by atoms with Gasteiger partial charge in [0.1, 0.15) is 5.75 Å². The maximum atomic E-state index is 12.0. The van der Waals surface area contributed by atoms with Crippen LogP contribution in [0.25, 0.3) is 11.5 Å². The molecule has 0 saturated carbocycles. The molecule has 7 heteroatoms. The molecule has 3 rings (SSSR count). The third-order valence-electron chi connectivity index (χ3n) is 3.51. The Bertz CT molecular complexity index is 862. The Morgan fingerprint density at radius 2 is 1.92 bits per heavy atom. The number of hydrogen-bond acceptors (Lipinski definition) is 5. The van der Waals surface area contributed by atoms with Crippen LogP contribution in [0.1, 0.15) is 12.3 Å². The molecule has 1 aromatic heterocycles. The Hall–Kier alpha value is -2.86. The predicted molar refractivity (Wildman–Crippen MR) is 94.7 cm³/mol. The molecule has 0 bridgehead atoms. The largest absolute Gasteiger partial charge is 0.497 e. The number of amides is 1. The lowest BCUT2D eigenvalue weighted by Crippen LogP contribution is -2.12. The monoisotopic (exact) mass is 357 g/mol. The first kappa shape index (κ1) is 17.0. The summed E-state index contributed by atoms with van der Waals surface area (Å²) in [7, 11) is 1.59. The van der Waals surface area contributed by atoms with Gasteiger partial charge in [-0.1, -0.05) is 23.7 Å². The molecule has 0 aliphatic heterocycles. The van der Waals surface area contributed by atoms with Crippen LogP contribution in [0.4, 0.5) is 5.69 Å². The lowest BCUT2D eigenvalue weighted by Gasteiger charge is -2.05. The van der Waals surface area contributed by atoms with E-state index in [1.54, 1.807) is 43.5 Å². The molecule has 0 aliphatic rings. The summed E-state index contributed by atoms with van der Waals surface area (Å²) in [6, 6.07) is 14.3. The van der Waals surface area contributed by atoms with Crippen LogP contribution in [0.3, 0.4) is 0 Å². The van der Waals surface area contributed by atoms with Crippen LogP contribution in [0, 0.1) is 0 Å². The van der Waals surface area contributed by atoms with E-state index in [1.165, 1.54) is 0 Å². The average Bonchev–Trinajstić information content (AvgIpc) is 3.10. The Morgan fingerprint density at radius 1 is 1.16 bits per heavy atom. The molecule has 2 aromatic carbocycles. The molecule has 0 radical (unpaired) electrons. The number of rotatable bonds is 6. The van der Waals surface area contributed by atoms with Gasteiger partial charge in [0.2, 0.25) is 17.7 Å². The van der Waals surface area contributed by atoms with Crippen molar-refractivity contribution in [3.05, 3.63) is 59.4 Å². The first-order chi connectivity index (χ1) is 12.2. The second-order valence-corrected chi connectivity index (χ2v) is 5.66. The fourth-order valence-corrected chi connectivity index (χ4v) is 2.43. The molecule has 0 atom stereocenters. The van der Waals surface area contributed by atoms with Gasteiger partial charge in [0.25, 0.3) is 0 Å². The van der Waals surface area contributed by atoms with E-state index in [-0.39, 0.29) is 12.3 Å². The van der Waals surface area contributed by atoms with Crippen molar-refractivity contribution in [2.24, 2.45) is 0 Å². The number of hydrogen-bond donors (Lipinski definition) is 1. The van der Waals surface area contributed by atoms with E-state index in [9.17, 15) is 4.79 Å². The van der Waals surface area contributed by atoms with Crippen LogP contribution < -0.4 is 10.1 Å². The van der Waals surface area contributed by atoms with E-state index >= 15 is 0 Å². The maximum absolute atomic E-state index is 12.0. The molecule has 1 amide bonds. The van der Waals surface area contributed by atoms with E-state index in [0.717, 1.165) is 5.75 Å². The summed E-state index contributed by atoms with van der Waals surface area (Å²) in [5, 5.41) is 11.3. The van der Waals surface area contributed by atoms with Crippen molar-refractivity contribution in [3.8, 4) is 17.2 Å². The van der Waals surface area contributed by atoms with E-state index in [0.29, 0.717) is 34.5 Å². The van der Waals surface area contributed by atoms with E-state index in [2.05, 4.69) is 15.5 Å². The van der Waals surface area contributed by atoms with Gasteiger partial charge in [-0.2, -0.15) is 0 Å². The number of nitrogens with one attached hydrogen (secondary N) is 1. The summed E-state index contributed by atoms with van der Waals surface area (Å²) >= 11 is 6.11. The summed E-state index contributed by atoms with van der Waals surface area (Å²) in [5.41, 5.74) is 1.37. The van der Waals surface area contributed by atoms with Crippen molar-refractivity contribution in [1.29, 1.82) is 0 Å². The van der Waals surface area contributed by atoms with E-state index in [1.807, 2.05) is 12.1 Å². The zero-order valence-electron chi connectivity index (χ0n) is 13.5. The molecule has 1 N–H and O–H groups in total. The number of anilines is 1. The van der Waals surface area contributed by atoms with Crippen LogP contribution in [-0.2, 0) is 11.2 Å². The van der Waals surface area contributed by atoms with Gasteiger partial charge in [0.05, 0.1) is 17.7 Å². The second-order valence-electron chi connectivity index (χ2n) is 5.26. The number of methoxy groups -OCH3 is 1. The van der Waals surface area contributed by atoms with Gasteiger partial charge in [0.15, 0.2) is 0 Å².